The third kappa shape index (κ3) is 6.64. The van der Waals surface area contributed by atoms with Gasteiger partial charge in [0, 0.05) is 19.2 Å². The van der Waals surface area contributed by atoms with Crippen molar-refractivity contribution in [1.29, 1.82) is 0 Å². The molecule has 1 N–H and O–H groups in total. The van der Waals surface area contributed by atoms with Crippen molar-refractivity contribution in [2.45, 2.75) is 51.5 Å². The van der Waals surface area contributed by atoms with Gasteiger partial charge in [0.05, 0.1) is 33.0 Å². The first-order chi connectivity index (χ1) is 10.4. The summed E-state index contributed by atoms with van der Waals surface area (Å²) in [6, 6.07) is 0.767. The molecule has 0 heterocycles. The molecule has 0 aromatic rings. The van der Waals surface area contributed by atoms with Gasteiger partial charge in [-0.1, -0.05) is 19.8 Å². The van der Waals surface area contributed by atoms with E-state index in [9.17, 15) is 0 Å². The Hall–Kier alpha value is -0.160. The van der Waals surface area contributed by atoms with Crippen LogP contribution in [0.3, 0.4) is 0 Å². The Morgan fingerprint density at radius 3 is 2.19 bits per heavy atom. The zero-order valence-corrected chi connectivity index (χ0v) is 13.6. The van der Waals surface area contributed by atoms with Crippen LogP contribution in [0.15, 0.2) is 0 Å². The molecule has 2 rings (SSSR count). The molecule has 2 aliphatic rings. The standard InChI is InChI=1S/C17H33NO3/c1-2-3-7-19-9-11-21-12-10-20-8-6-18-17-14-15-4-5-16(17)13-15/h15-18H,2-14H2,1H3. The number of fused-ring (bicyclic) bond motifs is 2. The normalized spacial score (nSPS) is 27.6. The molecule has 0 radical (unpaired) electrons. The van der Waals surface area contributed by atoms with Gasteiger partial charge in [-0.05, 0) is 37.5 Å². The fraction of sp³-hybridized carbons (Fsp3) is 1.00. The highest BCUT2D eigenvalue weighted by Crippen LogP contribution is 2.44. The molecule has 3 unspecified atom stereocenters. The van der Waals surface area contributed by atoms with Crippen molar-refractivity contribution in [3.05, 3.63) is 0 Å². The van der Waals surface area contributed by atoms with Gasteiger partial charge in [0.1, 0.15) is 0 Å². The SMILES string of the molecule is CCCCOCCOCCOCCNC1CC2CCC1C2. The lowest BCUT2D eigenvalue weighted by Crippen LogP contribution is -2.36. The molecule has 0 aromatic carbocycles. The number of ether oxygens (including phenoxy) is 3. The zero-order chi connectivity index (χ0) is 14.8. The molecule has 2 aliphatic carbocycles. The summed E-state index contributed by atoms with van der Waals surface area (Å²) < 4.78 is 16.5. The Balaban J connectivity index is 1.29. The van der Waals surface area contributed by atoms with E-state index >= 15 is 0 Å². The average Bonchev–Trinajstić information content (AvgIpc) is 3.11. The summed E-state index contributed by atoms with van der Waals surface area (Å²) in [6.45, 7) is 7.54. The fourth-order valence-corrected chi connectivity index (χ4v) is 3.60. The Morgan fingerprint density at radius 1 is 0.857 bits per heavy atom. The largest absolute Gasteiger partial charge is 0.379 e. The maximum Gasteiger partial charge on any atom is 0.0701 e. The summed E-state index contributed by atoms with van der Waals surface area (Å²) in [5.41, 5.74) is 0. The van der Waals surface area contributed by atoms with Crippen molar-refractivity contribution in [2.75, 3.05) is 46.2 Å². The second-order valence-electron chi connectivity index (χ2n) is 6.43. The quantitative estimate of drug-likeness (QED) is 0.531. The van der Waals surface area contributed by atoms with Crippen LogP contribution in [0.1, 0.15) is 45.4 Å². The highest BCUT2D eigenvalue weighted by atomic mass is 16.5. The third-order valence-electron chi connectivity index (χ3n) is 4.78. The van der Waals surface area contributed by atoms with Gasteiger partial charge in [-0.25, -0.2) is 0 Å². The highest BCUT2D eigenvalue weighted by molar-refractivity contribution is 4.93. The monoisotopic (exact) mass is 299 g/mol. The number of rotatable bonds is 13. The second-order valence-corrected chi connectivity index (χ2v) is 6.43. The van der Waals surface area contributed by atoms with Gasteiger partial charge in [0.25, 0.3) is 0 Å². The molecule has 0 aromatic heterocycles. The smallest absolute Gasteiger partial charge is 0.0701 e. The first kappa shape index (κ1) is 17.2. The molecule has 0 aliphatic heterocycles. The lowest BCUT2D eigenvalue weighted by Gasteiger charge is -2.22. The Morgan fingerprint density at radius 2 is 1.57 bits per heavy atom. The van der Waals surface area contributed by atoms with E-state index in [4.69, 9.17) is 14.2 Å². The predicted molar refractivity (Wildman–Crippen MR) is 84.6 cm³/mol. The van der Waals surface area contributed by atoms with E-state index in [1.807, 2.05) is 0 Å². The van der Waals surface area contributed by atoms with Crippen molar-refractivity contribution in [3.8, 4) is 0 Å². The van der Waals surface area contributed by atoms with Crippen LogP contribution in [0.2, 0.25) is 0 Å². The Kier molecular flexibility index (Phi) is 8.64. The molecule has 2 fully saturated rings. The van der Waals surface area contributed by atoms with E-state index in [1.54, 1.807) is 0 Å². The Bertz CT molecular complexity index is 262. The van der Waals surface area contributed by atoms with Crippen LogP contribution in [0.4, 0.5) is 0 Å². The van der Waals surface area contributed by atoms with Crippen LogP contribution in [-0.2, 0) is 14.2 Å². The molecule has 4 heteroatoms. The molecular formula is C17H33NO3. The van der Waals surface area contributed by atoms with Gasteiger partial charge in [-0.2, -0.15) is 0 Å². The first-order valence-electron chi connectivity index (χ1n) is 8.86. The lowest BCUT2D eigenvalue weighted by molar-refractivity contribution is 0.0142. The molecular weight excluding hydrogens is 266 g/mol. The van der Waals surface area contributed by atoms with E-state index in [0.717, 1.165) is 44.1 Å². The maximum atomic E-state index is 5.59. The molecule has 4 nitrogen and oxygen atoms in total. The van der Waals surface area contributed by atoms with Gasteiger partial charge in [-0.3, -0.25) is 0 Å². The second kappa shape index (κ2) is 10.5. The van der Waals surface area contributed by atoms with E-state index in [2.05, 4.69) is 12.2 Å². The number of hydrogen-bond acceptors (Lipinski definition) is 4. The predicted octanol–water partition coefficient (Wildman–Crippen LogP) is 2.61. The van der Waals surface area contributed by atoms with E-state index < -0.39 is 0 Å². The molecule has 2 saturated carbocycles. The number of unbranched alkanes of at least 4 members (excludes halogenated alkanes) is 1. The van der Waals surface area contributed by atoms with E-state index in [0.29, 0.717) is 26.4 Å². The molecule has 3 atom stereocenters. The van der Waals surface area contributed by atoms with Crippen LogP contribution in [0.25, 0.3) is 0 Å². The lowest BCUT2D eigenvalue weighted by atomic mass is 9.95. The van der Waals surface area contributed by atoms with Crippen LogP contribution in [0, 0.1) is 11.8 Å². The minimum Gasteiger partial charge on any atom is -0.379 e. The van der Waals surface area contributed by atoms with Crippen molar-refractivity contribution >= 4 is 0 Å². The van der Waals surface area contributed by atoms with E-state index in [-0.39, 0.29) is 0 Å². The highest BCUT2D eigenvalue weighted by Gasteiger charge is 2.38. The zero-order valence-electron chi connectivity index (χ0n) is 13.6. The van der Waals surface area contributed by atoms with Gasteiger partial charge in [0.15, 0.2) is 0 Å². The van der Waals surface area contributed by atoms with Crippen molar-refractivity contribution in [1.82, 2.24) is 5.32 Å². The molecule has 0 amide bonds. The van der Waals surface area contributed by atoms with Crippen molar-refractivity contribution in [2.24, 2.45) is 11.8 Å². The average molecular weight is 299 g/mol. The first-order valence-corrected chi connectivity index (χ1v) is 8.86. The van der Waals surface area contributed by atoms with Crippen LogP contribution < -0.4 is 5.32 Å². The summed E-state index contributed by atoms with van der Waals surface area (Å²) in [4.78, 5) is 0. The van der Waals surface area contributed by atoms with Gasteiger partial charge in [0.2, 0.25) is 0 Å². The van der Waals surface area contributed by atoms with Gasteiger partial charge in [-0.15, -0.1) is 0 Å². The summed E-state index contributed by atoms with van der Waals surface area (Å²) in [6.07, 6.45) is 8.10. The third-order valence-corrected chi connectivity index (χ3v) is 4.78. The van der Waals surface area contributed by atoms with Crippen LogP contribution in [0.5, 0.6) is 0 Å². The van der Waals surface area contributed by atoms with Crippen LogP contribution >= 0.6 is 0 Å². The van der Waals surface area contributed by atoms with Gasteiger partial charge < -0.3 is 19.5 Å². The summed E-state index contributed by atoms with van der Waals surface area (Å²) in [5, 5.41) is 3.66. The summed E-state index contributed by atoms with van der Waals surface area (Å²) in [5.74, 6) is 1.97. The number of hydrogen-bond donors (Lipinski definition) is 1. The summed E-state index contributed by atoms with van der Waals surface area (Å²) in [7, 11) is 0. The topological polar surface area (TPSA) is 39.7 Å². The van der Waals surface area contributed by atoms with Gasteiger partial charge >= 0.3 is 0 Å². The maximum absolute atomic E-state index is 5.59. The molecule has 0 saturated heterocycles. The molecule has 0 spiro atoms. The fourth-order valence-electron chi connectivity index (χ4n) is 3.60. The minimum atomic E-state index is 0.672. The van der Waals surface area contributed by atoms with Crippen molar-refractivity contribution in [3.63, 3.8) is 0 Å². The van der Waals surface area contributed by atoms with Crippen molar-refractivity contribution < 1.29 is 14.2 Å². The summed E-state index contributed by atoms with van der Waals surface area (Å²) >= 11 is 0. The van der Waals surface area contributed by atoms with Crippen LogP contribution in [-0.4, -0.2) is 52.2 Å². The minimum absolute atomic E-state index is 0.672. The molecule has 2 bridgehead atoms. The Labute approximate surface area is 129 Å². The number of nitrogens with one attached hydrogen (secondary N) is 1. The molecule has 124 valence electrons. The van der Waals surface area contributed by atoms with E-state index in [1.165, 1.54) is 32.1 Å². The molecule has 21 heavy (non-hydrogen) atoms.